The number of anilines is 1. The van der Waals surface area contributed by atoms with Crippen molar-refractivity contribution in [2.75, 3.05) is 12.4 Å². The number of hydrogen-bond acceptors (Lipinski definition) is 10. The first kappa shape index (κ1) is 27.1. The van der Waals surface area contributed by atoms with Gasteiger partial charge >= 0.3 is 10.3 Å². The highest BCUT2D eigenvalue weighted by atomic mass is 35.5. The van der Waals surface area contributed by atoms with Gasteiger partial charge in [0.2, 0.25) is 5.78 Å². The highest BCUT2D eigenvalue weighted by molar-refractivity contribution is 7.85. The van der Waals surface area contributed by atoms with E-state index in [0.717, 1.165) is 11.3 Å². The zero-order valence-corrected chi connectivity index (χ0v) is 22.5. The van der Waals surface area contributed by atoms with Crippen LogP contribution >= 0.6 is 34.5 Å². The Bertz CT molecular complexity index is 1420. The predicted molar refractivity (Wildman–Crippen MR) is 136 cm³/mol. The van der Waals surface area contributed by atoms with Crippen molar-refractivity contribution in [1.82, 2.24) is 14.7 Å². The molecule has 3 N–H and O–H groups in total. The molecule has 192 valence electrons. The molecule has 3 aromatic rings. The van der Waals surface area contributed by atoms with Crippen LogP contribution in [0, 0.1) is 0 Å². The zero-order chi connectivity index (χ0) is 26.0. The lowest BCUT2D eigenvalue weighted by atomic mass is 10.1. The topological polar surface area (TPSA) is 148 Å². The van der Waals surface area contributed by atoms with E-state index in [4.69, 9.17) is 27.4 Å². The van der Waals surface area contributed by atoms with Crippen LogP contribution in [0.5, 0.6) is 0 Å². The number of nitrogens with one attached hydrogen (secondary N) is 2. The Morgan fingerprint density at radius 3 is 2.78 bits per heavy atom. The maximum atomic E-state index is 13.3. The number of ketones is 1. The van der Waals surface area contributed by atoms with E-state index in [-0.39, 0.29) is 38.3 Å². The number of aliphatic hydroxyl groups excluding tert-OH is 1. The summed E-state index contributed by atoms with van der Waals surface area (Å²) in [4.78, 5) is 22.4. The Morgan fingerprint density at radius 1 is 1.28 bits per heavy atom. The maximum Gasteiger partial charge on any atom is 0.335 e. The second kappa shape index (κ2) is 11.2. The minimum Gasteiger partial charge on any atom is -0.390 e. The summed E-state index contributed by atoms with van der Waals surface area (Å²) in [7, 11) is -4.42. The SMILES string of the molecule is CNS(=O)(=O)O[C@@H]1C[C@H](Nc2ncncc2C(=O)c2cc([S@](=O)c3cccc(Cl)c3)c(Cl)s2)C[C@@H]1O. The summed E-state index contributed by atoms with van der Waals surface area (Å²) in [5.74, 6) is -0.241. The summed E-state index contributed by atoms with van der Waals surface area (Å²) in [6.45, 7) is 0. The Balaban J connectivity index is 1.54. The first-order valence-corrected chi connectivity index (χ1v) is 14.6. The number of thiophene rings is 1. The average molecular weight is 592 g/mol. The van der Waals surface area contributed by atoms with Crippen LogP contribution in [-0.2, 0) is 25.3 Å². The van der Waals surface area contributed by atoms with Gasteiger partial charge in [-0.1, -0.05) is 29.3 Å². The van der Waals surface area contributed by atoms with E-state index in [1.807, 2.05) is 4.72 Å². The minimum atomic E-state index is -3.98. The monoisotopic (exact) mass is 590 g/mol. The number of rotatable bonds is 9. The molecular formula is C21H20Cl2N4O6S3. The summed E-state index contributed by atoms with van der Waals surface area (Å²) in [6.07, 6.45) is 0.935. The molecular weight excluding hydrogens is 571 g/mol. The summed E-state index contributed by atoms with van der Waals surface area (Å²) < 4.78 is 43.6. The molecule has 4 atom stereocenters. The minimum absolute atomic E-state index is 0.136. The third kappa shape index (κ3) is 6.11. The Kier molecular flexibility index (Phi) is 8.42. The van der Waals surface area contributed by atoms with Crippen molar-refractivity contribution in [3.05, 3.63) is 62.7 Å². The largest absolute Gasteiger partial charge is 0.390 e. The van der Waals surface area contributed by atoms with Crippen molar-refractivity contribution in [3.8, 4) is 0 Å². The quantitative estimate of drug-likeness (QED) is 0.320. The normalized spacial score (nSPS) is 20.8. The van der Waals surface area contributed by atoms with Gasteiger partial charge < -0.3 is 10.4 Å². The van der Waals surface area contributed by atoms with Crippen LogP contribution in [0.2, 0.25) is 9.36 Å². The fraction of sp³-hybridized carbons (Fsp3) is 0.286. The average Bonchev–Trinajstić information content (AvgIpc) is 3.40. The molecule has 0 bridgehead atoms. The molecule has 0 spiro atoms. The molecule has 1 aromatic carbocycles. The van der Waals surface area contributed by atoms with Crippen molar-refractivity contribution in [3.63, 3.8) is 0 Å². The van der Waals surface area contributed by atoms with Crippen LogP contribution in [-0.4, -0.2) is 58.8 Å². The van der Waals surface area contributed by atoms with Crippen LogP contribution in [0.3, 0.4) is 0 Å². The van der Waals surface area contributed by atoms with Crippen molar-refractivity contribution in [1.29, 1.82) is 0 Å². The van der Waals surface area contributed by atoms with Crippen LogP contribution < -0.4 is 10.0 Å². The van der Waals surface area contributed by atoms with Gasteiger partial charge in [0.15, 0.2) is 0 Å². The lowest BCUT2D eigenvalue weighted by Crippen LogP contribution is -2.31. The maximum absolute atomic E-state index is 13.3. The second-order valence-electron chi connectivity index (χ2n) is 7.76. The molecule has 2 heterocycles. The molecule has 0 unspecified atom stereocenters. The smallest absolute Gasteiger partial charge is 0.335 e. The van der Waals surface area contributed by atoms with Gasteiger partial charge in [0.05, 0.1) is 32.2 Å². The highest BCUT2D eigenvalue weighted by Crippen LogP contribution is 2.35. The van der Waals surface area contributed by atoms with Gasteiger partial charge in [0, 0.05) is 29.2 Å². The first-order chi connectivity index (χ1) is 17.1. The molecule has 1 fully saturated rings. The summed E-state index contributed by atoms with van der Waals surface area (Å²) in [6, 6.07) is 7.60. The standard InChI is InChI=1S/C21H20Cl2N4O6S3/c1-24-36(31,32)33-16-7-12(6-15(16)28)27-21-14(9-25-10-26-21)19(29)17-8-18(20(23)34-17)35(30)13-4-2-3-11(22)5-13/h2-5,8-10,12,15-16,24,28H,6-7H2,1H3,(H,25,26,27)/t12-,15+,16-,35-/m1/s1. The molecule has 1 aliphatic carbocycles. The van der Waals surface area contributed by atoms with Gasteiger partial charge in [-0.3, -0.25) is 8.98 Å². The third-order valence-electron chi connectivity index (χ3n) is 5.36. The van der Waals surface area contributed by atoms with Crippen LogP contribution in [0.1, 0.15) is 28.1 Å². The van der Waals surface area contributed by atoms with E-state index in [0.29, 0.717) is 9.92 Å². The highest BCUT2D eigenvalue weighted by Gasteiger charge is 2.37. The predicted octanol–water partition coefficient (Wildman–Crippen LogP) is 3.03. The van der Waals surface area contributed by atoms with Crippen molar-refractivity contribution in [2.24, 2.45) is 0 Å². The zero-order valence-electron chi connectivity index (χ0n) is 18.6. The lowest BCUT2D eigenvalue weighted by Gasteiger charge is -2.15. The van der Waals surface area contributed by atoms with E-state index in [2.05, 4.69) is 15.3 Å². The molecule has 10 nitrogen and oxygen atoms in total. The molecule has 1 aliphatic rings. The Labute approximate surface area is 223 Å². The van der Waals surface area contributed by atoms with E-state index < -0.39 is 45.1 Å². The molecule has 4 rings (SSSR count). The molecule has 0 aliphatic heterocycles. The lowest BCUT2D eigenvalue weighted by molar-refractivity contribution is 0.0636. The van der Waals surface area contributed by atoms with E-state index in [9.17, 15) is 22.5 Å². The molecule has 0 radical (unpaired) electrons. The van der Waals surface area contributed by atoms with Crippen molar-refractivity contribution >= 4 is 67.2 Å². The van der Waals surface area contributed by atoms with Crippen LogP contribution in [0.25, 0.3) is 0 Å². The fourth-order valence-corrected chi connectivity index (χ4v) is 7.26. The molecule has 0 amide bonds. The molecule has 1 saturated carbocycles. The number of aromatic nitrogens is 2. The van der Waals surface area contributed by atoms with Gasteiger partial charge in [-0.05, 0) is 37.1 Å². The number of carbonyl (C=O) groups excluding carboxylic acids is 1. The van der Waals surface area contributed by atoms with E-state index >= 15 is 0 Å². The van der Waals surface area contributed by atoms with E-state index in [1.165, 1.54) is 25.6 Å². The molecule has 0 saturated heterocycles. The number of aliphatic hydroxyl groups is 1. The van der Waals surface area contributed by atoms with Gasteiger partial charge in [-0.2, -0.15) is 13.1 Å². The third-order valence-corrected chi connectivity index (χ3v) is 9.60. The summed E-state index contributed by atoms with van der Waals surface area (Å²) in [5.41, 5.74) is 0.136. The number of nitrogens with zero attached hydrogens (tertiary/aromatic N) is 2. The second-order valence-corrected chi connectivity index (χ2v) is 12.8. The Morgan fingerprint density at radius 2 is 2.06 bits per heavy atom. The number of halogens is 2. The van der Waals surface area contributed by atoms with E-state index in [1.54, 1.807) is 24.3 Å². The number of hydrogen-bond donors (Lipinski definition) is 3. The van der Waals surface area contributed by atoms with Crippen LogP contribution in [0.15, 0.2) is 52.6 Å². The van der Waals surface area contributed by atoms with Gasteiger partial charge in [0.1, 0.15) is 22.6 Å². The fourth-order valence-electron chi connectivity index (χ4n) is 3.65. The number of carbonyl (C=O) groups is 1. The van der Waals surface area contributed by atoms with Gasteiger partial charge in [-0.15, -0.1) is 11.3 Å². The van der Waals surface area contributed by atoms with Gasteiger partial charge in [0.25, 0.3) is 0 Å². The molecule has 36 heavy (non-hydrogen) atoms. The Hall–Kier alpha value is -1.97. The summed E-state index contributed by atoms with van der Waals surface area (Å²) in [5, 5.41) is 13.7. The van der Waals surface area contributed by atoms with Crippen molar-refractivity contribution in [2.45, 2.75) is 40.9 Å². The molecule has 2 aromatic heterocycles. The number of benzene rings is 1. The van der Waals surface area contributed by atoms with Gasteiger partial charge in [-0.25, -0.2) is 14.2 Å². The van der Waals surface area contributed by atoms with Crippen molar-refractivity contribution < 1.29 is 26.7 Å². The summed E-state index contributed by atoms with van der Waals surface area (Å²) >= 11 is 13.3. The molecule has 15 heteroatoms. The first-order valence-electron chi connectivity index (χ1n) is 10.5. The van der Waals surface area contributed by atoms with Crippen LogP contribution in [0.4, 0.5) is 5.82 Å².